The number of hydrogen-bond donors (Lipinski definition) is 1. The van der Waals surface area contributed by atoms with Crippen LogP contribution in [-0.4, -0.2) is 24.7 Å². The molecule has 2 N–H and O–H groups in total. The van der Waals surface area contributed by atoms with Crippen LogP contribution >= 0.6 is 12.2 Å². The molecule has 4 heteroatoms. The summed E-state index contributed by atoms with van der Waals surface area (Å²) in [6.07, 6.45) is 0.753. The number of nitrogens with two attached hydrogens (primary N) is 1. The topological polar surface area (TPSA) is 38.5 Å². The normalized spacial score (nSPS) is 14.2. The predicted octanol–water partition coefficient (Wildman–Crippen LogP) is 1.87. The largest absolute Gasteiger partial charge is 0.490 e. The Balaban J connectivity index is 2.18. The second-order valence-corrected chi connectivity index (χ2v) is 4.55. The highest BCUT2D eigenvalue weighted by atomic mass is 32.1. The van der Waals surface area contributed by atoms with E-state index in [0.29, 0.717) is 4.99 Å². The molecular formula is C12H16N2OS. The van der Waals surface area contributed by atoms with Crippen molar-refractivity contribution in [3.8, 4) is 5.75 Å². The molecule has 1 aliphatic heterocycles. The van der Waals surface area contributed by atoms with Crippen molar-refractivity contribution in [2.24, 2.45) is 5.73 Å². The summed E-state index contributed by atoms with van der Waals surface area (Å²) in [7, 11) is 0. The van der Waals surface area contributed by atoms with E-state index in [9.17, 15) is 0 Å². The average molecular weight is 236 g/mol. The number of nitrogens with zero attached hydrogens (tertiary/aromatic N) is 1. The van der Waals surface area contributed by atoms with Crippen molar-refractivity contribution < 1.29 is 4.74 Å². The van der Waals surface area contributed by atoms with E-state index in [-0.39, 0.29) is 0 Å². The Bertz CT molecular complexity index is 406. The van der Waals surface area contributed by atoms with Crippen LogP contribution in [0.15, 0.2) is 18.2 Å². The highest BCUT2D eigenvalue weighted by Crippen LogP contribution is 2.32. The Kier molecular flexibility index (Phi) is 3.29. The average Bonchev–Trinajstić information content (AvgIpc) is 2.26. The fourth-order valence-electron chi connectivity index (χ4n) is 1.86. The summed E-state index contributed by atoms with van der Waals surface area (Å²) in [4.78, 5) is 2.85. The number of hydrogen-bond acceptors (Lipinski definition) is 3. The standard InChI is InChI=1S/C12H16N2OS/c1-9-2-3-11-10(8-9)14(6-7-15-11)5-4-12(13)16/h2-3,8H,4-7H2,1H3,(H2,13,16). The van der Waals surface area contributed by atoms with E-state index < -0.39 is 0 Å². The highest BCUT2D eigenvalue weighted by Gasteiger charge is 2.17. The van der Waals surface area contributed by atoms with Crippen molar-refractivity contribution in [1.29, 1.82) is 0 Å². The van der Waals surface area contributed by atoms with E-state index >= 15 is 0 Å². The summed E-state index contributed by atoms with van der Waals surface area (Å²) >= 11 is 4.91. The van der Waals surface area contributed by atoms with Crippen molar-refractivity contribution in [2.45, 2.75) is 13.3 Å². The first-order valence-electron chi connectivity index (χ1n) is 5.43. The van der Waals surface area contributed by atoms with E-state index in [1.54, 1.807) is 0 Å². The van der Waals surface area contributed by atoms with Gasteiger partial charge in [0.05, 0.1) is 17.2 Å². The highest BCUT2D eigenvalue weighted by molar-refractivity contribution is 7.80. The minimum absolute atomic E-state index is 0.570. The van der Waals surface area contributed by atoms with Crippen molar-refractivity contribution in [3.63, 3.8) is 0 Å². The molecule has 0 aromatic heterocycles. The van der Waals surface area contributed by atoms with E-state index in [1.165, 1.54) is 5.56 Å². The molecule has 0 saturated heterocycles. The molecule has 86 valence electrons. The van der Waals surface area contributed by atoms with Crippen LogP contribution in [0.1, 0.15) is 12.0 Å². The zero-order valence-corrected chi connectivity index (χ0v) is 10.2. The first-order valence-corrected chi connectivity index (χ1v) is 5.84. The predicted molar refractivity (Wildman–Crippen MR) is 70.3 cm³/mol. The number of ether oxygens (including phenoxy) is 1. The smallest absolute Gasteiger partial charge is 0.142 e. The van der Waals surface area contributed by atoms with E-state index in [4.69, 9.17) is 22.7 Å². The Labute approximate surface area is 101 Å². The Morgan fingerprint density at radius 3 is 3.12 bits per heavy atom. The third kappa shape index (κ3) is 2.44. The zero-order valence-electron chi connectivity index (χ0n) is 9.40. The lowest BCUT2D eigenvalue weighted by molar-refractivity contribution is 0.308. The maximum absolute atomic E-state index is 5.61. The monoisotopic (exact) mass is 236 g/mol. The van der Waals surface area contributed by atoms with Gasteiger partial charge in [0.15, 0.2) is 0 Å². The van der Waals surface area contributed by atoms with Gasteiger partial charge >= 0.3 is 0 Å². The Morgan fingerprint density at radius 1 is 1.56 bits per heavy atom. The summed E-state index contributed by atoms with van der Waals surface area (Å²) in [5.41, 5.74) is 7.93. The maximum Gasteiger partial charge on any atom is 0.142 e. The number of rotatable bonds is 3. The van der Waals surface area contributed by atoms with Crippen LogP contribution in [0.25, 0.3) is 0 Å². The van der Waals surface area contributed by atoms with Crippen LogP contribution in [0.2, 0.25) is 0 Å². The molecule has 1 aliphatic rings. The van der Waals surface area contributed by atoms with Crippen LogP contribution in [0.3, 0.4) is 0 Å². The molecule has 0 amide bonds. The van der Waals surface area contributed by atoms with Gasteiger partial charge in [-0.25, -0.2) is 0 Å². The summed E-state index contributed by atoms with van der Waals surface area (Å²) < 4.78 is 5.61. The lowest BCUT2D eigenvalue weighted by atomic mass is 10.1. The minimum atomic E-state index is 0.570. The molecule has 0 unspecified atom stereocenters. The first-order chi connectivity index (χ1) is 7.66. The SMILES string of the molecule is Cc1ccc2c(c1)N(CCC(N)=S)CCO2. The van der Waals surface area contributed by atoms with Crippen LogP contribution in [-0.2, 0) is 0 Å². The Morgan fingerprint density at radius 2 is 2.38 bits per heavy atom. The number of thiocarbonyl (C=S) groups is 1. The van der Waals surface area contributed by atoms with Gasteiger partial charge in [0.25, 0.3) is 0 Å². The van der Waals surface area contributed by atoms with Crippen LogP contribution in [0, 0.1) is 6.92 Å². The molecule has 0 atom stereocenters. The van der Waals surface area contributed by atoms with Gasteiger partial charge in [-0.15, -0.1) is 0 Å². The number of benzene rings is 1. The number of fused-ring (bicyclic) bond motifs is 1. The van der Waals surface area contributed by atoms with Crippen LogP contribution < -0.4 is 15.4 Å². The summed E-state index contributed by atoms with van der Waals surface area (Å²) in [6, 6.07) is 6.24. The third-order valence-electron chi connectivity index (χ3n) is 2.70. The second-order valence-electron chi connectivity index (χ2n) is 4.02. The molecule has 0 bridgehead atoms. The first kappa shape index (κ1) is 11.2. The molecular weight excluding hydrogens is 220 g/mol. The van der Waals surface area contributed by atoms with Crippen LogP contribution in [0.5, 0.6) is 5.75 Å². The maximum atomic E-state index is 5.61. The van der Waals surface area contributed by atoms with Gasteiger partial charge in [-0.05, 0) is 24.6 Å². The van der Waals surface area contributed by atoms with Gasteiger partial charge in [-0.2, -0.15) is 0 Å². The van der Waals surface area contributed by atoms with Crippen molar-refractivity contribution in [1.82, 2.24) is 0 Å². The lowest BCUT2D eigenvalue weighted by Gasteiger charge is -2.31. The summed E-state index contributed by atoms with van der Waals surface area (Å²) in [6.45, 7) is 4.59. The molecule has 0 saturated carbocycles. The zero-order chi connectivity index (χ0) is 11.5. The summed E-state index contributed by atoms with van der Waals surface area (Å²) in [5, 5.41) is 0. The van der Waals surface area contributed by atoms with Gasteiger partial charge in [-0.1, -0.05) is 18.3 Å². The Hall–Kier alpha value is -1.29. The van der Waals surface area contributed by atoms with Gasteiger partial charge in [0.2, 0.25) is 0 Å². The fraction of sp³-hybridized carbons (Fsp3) is 0.417. The van der Waals surface area contributed by atoms with Gasteiger partial charge < -0.3 is 15.4 Å². The molecule has 1 aromatic carbocycles. The van der Waals surface area contributed by atoms with E-state index in [2.05, 4.69) is 24.0 Å². The van der Waals surface area contributed by atoms with Crippen molar-refractivity contribution in [3.05, 3.63) is 23.8 Å². The molecule has 1 aromatic rings. The van der Waals surface area contributed by atoms with Gasteiger partial charge in [0.1, 0.15) is 12.4 Å². The van der Waals surface area contributed by atoms with Gasteiger partial charge in [0, 0.05) is 13.0 Å². The second kappa shape index (κ2) is 4.70. The van der Waals surface area contributed by atoms with E-state index in [0.717, 1.165) is 37.6 Å². The molecule has 0 radical (unpaired) electrons. The molecule has 16 heavy (non-hydrogen) atoms. The molecule has 0 spiro atoms. The van der Waals surface area contributed by atoms with Crippen molar-refractivity contribution >= 4 is 22.9 Å². The fourth-order valence-corrected chi connectivity index (χ4v) is 1.95. The van der Waals surface area contributed by atoms with Crippen LogP contribution in [0.4, 0.5) is 5.69 Å². The van der Waals surface area contributed by atoms with Crippen molar-refractivity contribution in [2.75, 3.05) is 24.6 Å². The molecule has 2 rings (SSSR count). The molecule has 0 aliphatic carbocycles. The molecule has 1 heterocycles. The summed E-state index contributed by atoms with van der Waals surface area (Å²) in [5.74, 6) is 0.958. The molecule has 3 nitrogen and oxygen atoms in total. The third-order valence-corrected chi connectivity index (χ3v) is 2.91. The van der Waals surface area contributed by atoms with Gasteiger partial charge in [-0.3, -0.25) is 0 Å². The van der Waals surface area contributed by atoms with E-state index in [1.807, 2.05) is 6.07 Å². The number of anilines is 1. The molecule has 0 fully saturated rings. The quantitative estimate of drug-likeness (QED) is 0.813. The minimum Gasteiger partial charge on any atom is -0.490 e. The lowest BCUT2D eigenvalue weighted by Crippen LogP contribution is -2.35. The number of aryl methyl sites for hydroxylation is 1.